The van der Waals surface area contributed by atoms with Gasteiger partial charge in [0.2, 0.25) is 5.91 Å². The van der Waals surface area contributed by atoms with E-state index in [1.165, 1.54) is 11.3 Å². The lowest BCUT2D eigenvalue weighted by Gasteiger charge is -2.12. The highest BCUT2D eigenvalue weighted by atomic mass is 32.1. The number of ether oxygens (including phenoxy) is 1. The first kappa shape index (κ1) is 18.4. The lowest BCUT2D eigenvalue weighted by Crippen LogP contribution is -2.35. The summed E-state index contributed by atoms with van der Waals surface area (Å²) in [5.74, 6) is -0.911. The molecule has 1 aromatic rings. The van der Waals surface area contributed by atoms with Crippen molar-refractivity contribution in [2.24, 2.45) is 5.92 Å². The second kappa shape index (κ2) is 7.79. The van der Waals surface area contributed by atoms with Gasteiger partial charge in [0, 0.05) is 16.8 Å². The van der Waals surface area contributed by atoms with Crippen molar-refractivity contribution in [2.45, 2.75) is 53.0 Å². The van der Waals surface area contributed by atoms with Gasteiger partial charge in [-0.1, -0.05) is 6.92 Å². The summed E-state index contributed by atoms with van der Waals surface area (Å²) in [5, 5.41) is 6.07. The maximum absolute atomic E-state index is 12.4. The van der Waals surface area contributed by atoms with Gasteiger partial charge in [0.1, 0.15) is 5.00 Å². The molecule has 1 aromatic heterocycles. The Balaban J connectivity index is 2.02. The first-order chi connectivity index (χ1) is 11.3. The highest BCUT2D eigenvalue weighted by Gasteiger charge is 2.31. The SMILES string of the molecule is CC[C@@H](C)NC(=O)COC(=O)c1c(NC(=O)C2CC2)sc(C)c1C. The number of hydrogen-bond acceptors (Lipinski definition) is 5. The maximum atomic E-state index is 12.4. The van der Waals surface area contributed by atoms with Crippen molar-refractivity contribution in [1.29, 1.82) is 0 Å². The molecule has 1 fully saturated rings. The topological polar surface area (TPSA) is 84.5 Å². The summed E-state index contributed by atoms with van der Waals surface area (Å²) in [6, 6.07) is 0.0368. The minimum atomic E-state index is -0.581. The Morgan fingerprint density at radius 3 is 2.54 bits per heavy atom. The van der Waals surface area contributed by atoms with Crippen molar-refractivity contribution in [3.8, 4) is 0 Å². The molecule has 0 spiro atoms. The molecule has 0 saturated heterocycles. The van der Waals surface area contributed by atoms with Crippen molar-refractivity contribution in [1.82, 2.24) is 5.32 Å². The standard InChI is InChI=1S/C17H24N2O4S/c1-5-9(2)18-13(20)8-23-17(22)14-10(3)11(4)24-16(14)19-15(21)12-6-7-12/h9,12H,5-8H2,1-4H3,(H,18,20)(H,19,21)/t9-/m1/s1. The summed E-state index contributed by atoms with van der Waals surface area (Å²) in [5.41, 5.74) is 1.13. The van der Waals surface area contributed by atoms with Gasteiger partial charge in [0.15, 0.2) is 6.61 Å². The molecule has 1 aliphatic rings. The first-order valence-electron chi connectivity index (χ1n) is 8.20. The van der Waals surface area contributed by atoms with Crippen molar-refractivity contribution >= 4 is 34.1 Å². The molecule has 132 valence electrons. The van der Waals surface area contributed by atoms with Crippen LogP contribution in [0.5, 0.6) is 0 Å². The molecule has 1 atom stereocenters. The number of hydrogen-bond donors (Lipinski definition) is 2. The molecule has 0 aliphatic heterocycles. The van der Waals surface area contributed by atoms with E-state index in [9.17, 15) is 14.4 Å². The highest BCUT2D eigenvalue weighted by Crippen LogP contribution is 2.36. The second-order valence-corrected chi connectivity index (χ2v) is 7.43. The van der Waals surface area contributed by atoms with Crippen LogP contribution in [0, 0.1) is 19.8 Å². The predicted octanol–water partition coefficient (Wildman–Crippen LogP) is 2.78. The van der Waals surface area contributed by atoms with Gasteiger partial charge in [0.05, 0.1) is 5.56 Å². The zero-order chi connectivity index (χ0) is 17.9. The van der Waals surface area contributed by atoms with E-state index in [4.69, 9.17) is 4.74 Å². The van der Waals surface area contributed by atoms with Crippen LogP contribution in [-0.4, -0.2) is 30.4 Å². The summed E-state index contributed by atoms with van der Waals surface area (Å²) in [6.07, 6.45) is 2.59. The molecule has 0 bridgehead atoms. The van der Waals surface area contributed by atoms with Gasteiger partial charge in [-0.05, 0) is 45.6 Å². The third-order valence-electron chi connectivity index (χ3n) is 4.13. The molecule has 24 heavy (non-hydrogen) atoms. The van der Waals surface area contributed by atoms with Crippen LogP contribution in [0.15, 0.2) is 0 Å². The highest BCUT2D eigenvalue weighted by molar-refractivity contribution is 7.16. The lowest BCUT2D eigenvalue weighted by atomic mass is 10.1. The maximum Gasteiger partial charge on any atom is 0.341 e. The van der Waals surface area contributed by atoms with Crippen LogP contribution in [0.25, 0.3) is 0 Å². The van der Waals surface area contributed by atoms with Crippen LogP contribution in [0.3, 0.4) is 0 Å². The fraction of sp³-hybridized carbons (Fsp3) is 0.588. The minimum Gasteiger partial charge on any atom is -0.452 e. The molecule has 0 radical (unpaired) electrons. The van der Waals surface area contributed by atoms with Gasteiger partial charge in [-0.25, -0.2) is 4.79 Å². The van der Waals surface area contributed by atoms with Gasteiger partial charge >= 0.3 is 5.97 Å². The molecule has 2 N–H and O–H groups in total. The third kappa shape index (κ3) is 4.56. The fourth-order valence-corrected chi connectivity index (χ4v) is 3.19. The smallest absolute Gasteiger partial charge is 0.341 e. The number of aryl methyl sites for hydroxylation is 1. The molecule has 1 saturated carbocycles. The molecular weight excluding hydrogens is 328 g/mol. The van der Waals surface area contributed by atoms with Crippen molar-refractivity contribution < 1.29 is 19.1 Å². The summed E-state index contributed by atoms with van der Waals surface area (Å²) in [4.78, 5) is 37.0. The van der Waals surface area contributed by atoms with E-state index in [0.717, 1.165) is 29.7 Å². The molecule has 2 amide bonds. The van der Waals surface area contributed by atoms with Gasteiger partial charge in [-0.15, -0.1) is 11.3 Å². The Morgan fingerprint density at radius 2 is 1.96 bits per heavy atom. The second-order valence-electron chi connectivity index (χ2n) is 6.20. The Morgan fingerprint density at radius 1 is 1.29 bits per heavy atom. The van der Waals surface area contributed by atoms with E-state index in [-0.39, 0.29) is 30.4 Å². The Kier molecular flexibility index (Phi) is 5.99. The van der Waals surface area contributed by atoms with Crippen LogP contribution < -0.4 is 10.6 Å². The largest absolute Gasteiger partial charge is 0.452 e. The number of anilines is 1. The quantitative estimate of drug-likeness (QED) is 0.739. The van der Waals surface area contributed by atoms with Crippen molar-refractivity contribution in [2.75, 3.05) is 11.9 Å². The Hall–Kier alpha value is -1.89. The van der Waals surface area contributed by atoms with Crippen LogP contribution in [0.4, 0.5) is 5.00 Å². The van der Waals surface area contributed by atoms with E-state index in [1.54, 1.807) is 0 Å². The normalized spacial score (nSPS) is 14.8. The van der Waals surface area contributed by atoms with Crippen LogP contribution in [-0.2, 0) is 14.3 Å². The van der Waals surface area contributed by atoms with Gasteiger partial charge in [-0.2, -0.15) is 0 Å². The Labute approximate surface area is 146 Å². The summed E-state index contributed by atoms with van der Waals surface area (Å²) < 4.78 is 5.13. The van der Waals surface area contributed by atoms with Crippen LogP contribution >= 0.6 is 11.3 Å². The Bertz CT molecular complexity index is 649. The molecule has 1 heterocycles. The van der Waals surface area contributed by atoms with Gasteiger partial charge in [0.25, 0.3) is 5.91 Å². The zero-order valence-electron chi connectivity index (χ0n) is 14.5. The molecular formula is C17H24N2O4S. The van der Waals surface area contributed by atoms with E-state index < -0.39 is 5.97 Å². The first-order valence-corrected chi connectivity index (χ1v) is 9.02. The summed E-state index contributed by atoms with van der Waals surface area (Å²) >= 11 is 1.36. The summed E-state index contributed by atoms with van der Waals surface area (Å²) in [7, 11) is 0. The molecule has 2 rings (SSSR count). The van der Waals surface area contributed by atoms with E-state index >= 15 is 0 Å². The summed E-state index contributed by atoms with van der Waals surface area (Å²) in [6.45, 7) is 7.22. The number of nitrogens with one attached hydrogen (secondary N) is 2. The lowest BCUT2D eigenvalue weighted by molar-refractivity contribution is -0.124. The number of carbonyl (C=O) groups excluding carboxylic acids is 3. The van der Waals surface area contributed by atoms with Gasteiger partial charge < -0.3 is 15.4 Å². The predicted molar refractivity (Wildman–Crippen MR) is 93.3 cm³/mol. The number of thiophene rings is 1. The molecule has 1 aliphatic carbocycles. The van der Waals surface area contributed by atoms with Crippen LogP contribution in [0.2, 0.25) is 0 Å². The fourth-order valence-electron chi connectivity index (χ4n) is 2.14. The number of amides is 2. The van der Waals surface area contributed by atoms with E-state index in [0.29, 0.717) is 10.6 Å². The van der Waals surface area contributed by atoms with Crippen molar-refractivity contribution in [3.63, 3.8) is 0 Å². The average molecular weight is 352 g/mol. The molecule has 0 unspecified atom stereocenters. The van der Waals surface area contributed by atoms with Gasteiger partial charge in [-0.3, -0.25) is 9.59 Å². The molecule has 7 heteroatoms. The zero-order valence-corrected chi connectivity index (χ0v) is 15.3. The van der Waals surface area contributed by atoms with E-state index in [2.05, 4.69) is 10.6 Å². The van der Waals surface area contributed by atoms with Crippen molar-refractivity contribution in [3.05, 3.63) is 16.0 Å². The molecule has 6 nitrogen and oxygen atoms in total. The minimum absolute atomic E-state index is 0.0368. The monoisotopic (exact) mass is 352 g/mol. The average Bonchev–Trinajstić information content (AvgIpc) is 3.33. The molecule has 0 aromatic carbocycles. The number of carbonyl (C=O) groups is 3. The number of rotatable bonds is 7. The third-order valence-corrected chi connectivity index (χ3v) is 5.25. The van der Waals surface area contributed by atoms with Crippen LogP contribution in [0.1, 0.15) is 53.9 Å². The number of esters is 1. The van der Waals surface area contributed by atoms with E-state index in [1.807, 2.05) is 27.7 Å².